The first-order valence-electron chi connectivity index (χ1n) is 3.03. The fraction of sp³-hybridized carbons (Fsp3) is 1.00. The highest BCUT2D eigenvalue weighted by molar-refractivity contribution is 4.68. The van der Waals surface area contributed by atoms with Gasteiger partial charge in [-0.1, -0.05) is 0 Å². The number of hydrazine groups is 1. The molecule has 0 bridgehead atoms. The second kappa shape index (κ2) is 5.94. The van der Waals surface area contributed by atoms with Gasteiger partial charge < -0.3 is 5.32 Å². The Morgan fingerprint density at radius 1 is 1.78 bits per heavy atom. The summed E-state index contributed by atoms with van der Waals surface area (Å²) in [5, 5.41) is 2.90. The Hall–Kier alpha value is -0.190. The standard InChI is InChI=1S/C4H8FN.CH6N2/c5-4-1-2-6-3-4;1-3-2/h4,6H,1-3H2;3H,2H2,1H3. The maximum atomic E-state index is 11.9. The molecule has 0 aromatic heterocycles. The zero-order chi connectivity index (χ0) is 7.11. The van der Waals surface area contributed by atoms with Gasteiger partial charge in [0.2, 0.25) is 0 Å². The molecule has 0 aromatic carbocycles. The summed E-state index contributed by atoms with van der Waals surface area (Å²) in [6, 6.07) is 0. The second-order valence-electron chi connectivity index (χ2n) is 1.88. The van der Waals surface area contributed by atoms with Gasteiger partial charge in [-0.05, 0) is 20.0 Å². The van der Waals surface area contributed by atoms with E-state index in [2.05, 4.69) is 16.6 Å². The summed E-state index contributed by atoms with van der Waals surface area (Å²) in [6.45, 7) is 1.43. The average Bonchev–Trinajstić information content (AvgIpc) is 2.20. The average molecular weight is 135 g/mol. The minimum atomic E-state index is -0.565. The van der Waals surface area contributed by atoms with Crippen LogP contribution in [0.3, 0.4) is 0 Å². The number of alkyl halides is 1. The molecule has 1 fully saturated rings. The maximum absolute atomic E-state index is 11.9. The molecule has 1 rings (SSSR count). The van der Waals surface area contributed by atoms with Crippen LogP contribution in [0, 0.1) is 0 Å². The lowest BCUT2D eigenvalue weighted by Gasteiger charge is -1.86. The lowest BCUT2D eigenvalue weighted by molar-refractivity contribution is 0.361. The normalized spacial score (nSPS) is 25.0. The van der Waals surface area contributed by atoms with Crippen molar-refractivity contribution in [2.75, 3.05) is 20.1 Å². The molecular weight excluding hydrogens is 121 g/mol. The molecule has 1 heterocycles. The van der Waals surface area contributed by atoms with Crippen LogP contribution in [0.25, 0.3) is 0 Å². The van der Waals surface area contributed by atoms with E-state index in [1.165, 1.54) is 0 Å². The summed E-state index contributed by atoms with van der Waals surface area (Å²) >= 11 is 0. The number of rotatable bonds is 0. The van der Waals surface area contributed by atoms with Crippen molar-refractivity contribution >= 4 is 0 Å². The zero-order valence-corrected chi connectivity index (χ0v) is 5.65. The molecule has 4 heteroatoms. The molecule has 56 valence electrons. The van der Waals surface area contributed by atoms with Gasteiger partial charge in [-0.15, -0.1) is 0 Å². The zero-order valence-electron chi connectivity index (χ0n) is 5.65. The molecule has 1 atom stereocenters. The van der Waals surface area contributed by atoms with Gasteiger partial charge >= 0.3 is 0 Å². The van der Waals surface area contributed by atoms with E-state index in [9.17, 15) is 4.39 Å². The van der Waals surface area contributed by atoms with Crippen LogP contribution < -0.4 is 16.6 Å². The Morgan fingerprint density at radius 3 is 2.44 bits per heavy atom. The molecule has 0 aliphatic carbocycles. The van der Waals surface area contributed by atoms with Crippen LogP contribution in [-0.4, -0.2) is 26.3 Å². The lowest BCUT2D eigenvalue weighted by Crippen LogP contribution is -2.13. The van der Waals surface area contributed by atoms with Crippen LogP contribution >= 0.6 is 0 Å². The highest BCUT2D eigenvalue weighted by Gasteiger charge is 2.10. The number of nitrogens with one attached hydrogen (secondary N) is 2. The van der Waals surface area contributed by atoms with E-state index in [0.29, 0.717) is 13.0 Å². The van der Waals surface area contributed by atoms with Gasteiger partial charge in [0.15, 0.2) is 0 Å². The van der Waals surface area contributed by atoms with Crippen LogP contribution in [-0.2, 0) is 0 Å². The number of halogens is 1. The summed E-state index contributed by atoms with van der Waals surface area (Å²) in [7, 11) is 1.65. The second-order valence-corrected chi connectivity index (χ2v) is 1.88. The first-order chi connectivity index (χ1) is 4.31. The molecule has 1 saturated heterocycles. The molecule has 3 nitrogen and oxygen atoms in total. The fourth-order valence-corrected chi connectivity index (χ4v) is 0.619. The van der Waals surface area contributed by atoms with E-state index in [-0.39, 0.29) is 0 Å². The summed E-state index contributed by atoms with van der Waals surface area (Å²) in [5.41, 5.74) is 2.25. The van der Waals surface area contributed by atoms with Crippen LogP contribution in [0.2, 0.25) is 0 Å². The third-order valence-electron chi connectivity index (χ3n) is 1.00. The van der Waals surface area contributed by atoms with Crippen molar-refractivity contribution < 1.29 is 4.39 Å². The summed E-state index contributed by atoms with van der Waals surface area (Å²) in [5.74, 6) is 4.60. The quantitative estimate of drug-likeness (QED) is 0.307. The molecule has 0 spiro atoms. The highest BCUT2D eigenvalue weighted by Crippen LogP contribution is 1.99. The molecule has 9 heavy (non-hydrogen) atoms. The van der Waals surface area contributed by atoms with Crippen molar-refractivity contribution in [3.05, 3.63) is 0 Å². The molecule has 1 aliphatic rings. The van der Waals surface area contributed by atoms with Crippen LogP contribution in [0.5, 0.6) is 0 Å². The van der Waals surface area contributed by atoms with Crippen molar-refractivity contribution in [2.45, 2.75) is 12.6 Å². The van der Waals surface area contributed by atoms with Gasteiger partial charge in [-0.3, -0.25) is 11.3 Å². The predicted molar refractivity (Wildman–Crippen MR) is 35.6 cm³/mol. The minimum absolute atomic E-state index is 0.565. The molecule has 1 unspecified atom stereocenters. The third-order valence-corrected chi connectivity index (χ3v) is 1.00. The largest absolute Gasteiger partial charge is 0.314 e. The first kappa shape index (κ1) is 8.81. The van der Waals surface area contributed by atoms with Crippen LogP contribution in [0.4, 0.5) is 4.39 Å². The van der Waals surface area contributed by atoms with Crippen molar-refractivity contribution in [1.82, 2.24) is 10.7 Å². The van der Waals surface area contributed by atoms with Gasteiger partial charge in [0, 0.05) is 6.54 Å². The summed E-state index contributed by atoms with van der Waals surface area (Å²) < 4.78 is 11.9. The molecule has 1 aliphatic heterocycles. The van der Waals surface area contributed by atoms with E-state index in [1.807, 2.05) is 0 Å². The Labute approximate surface area is 54.8 Å². The molecule has 0 radical (unpaired) electrons. The van der Waals surface area contributed by atoms with Gasteiger partial charge in [0.05, 0.1) is 0 Å². The smallest absolute Gasteiger partial charge is 0.114 e. The van der Waals surface area contributed by atoms with Crippen molar-refractivity contribution in [3.63, 3.8) is 0 Å². The van der Waals surface area contributed by atoms with Gasteiger partial charge in [-0.2, -0.15) is 0 Å². The van der Waals surface area contributed by atoms with E-state index in [0.717, 1.165) is 6.54 Å². The van der Waals surface area contributed by atoms with Crippen molar-refractivity contribution in [3.8, 4) is 0 Å². The Kier molecular flexibility index (Phi) is 5.81. The van der Waals surface area contributed by atoms with Gasteiger partial charge in [0.1, 0.15) is 6.17 Å². The summed E-state index contributed by atoms with van der Waals surface area (Å²) in [6.07, 6.45) is 0.144. The van der Waals surface area contributed by atoms with E-state index in [1.54, 1.807) is 7.05 Å². The van der Waals surface area contributed by atoms with Crippen molar-refractivity contribution in [1.29, 1.82) is 0 Å². The van der Waals surface area contributed by atoms with E-state index < -0.39 is 6.17 Å². The van der Waals surface area contributed by atoms with Crippen LogP contribution in [0.15, 0.2) is 0 Å². The number of nitrogens with two attached hydrogens (primary N) is 1. The topological polar surface area (TPSA) is 50.1 Å². The minimum Gasteiger partial charge on any atom is -0.314 e. The Balaban J connectivity index is 0.000000187. The lowest BCUT2D eigenvalue weighted by atomic mass is 10.4. The monoisotopic (exact) mass is 135 g/mol. The molecule has 0 amide bonds. The predicted octanol–water partition coefficient (Wildman–Crippen LogP) is -0.603. The Bertz CT molecular complexity index is 54.2. The molecule has 4 N–H and O–H groups in total. The molecule has 0 aromatic rings. The maximum Gasteiger partial charge on any atom is 0.114 e. The fourth-order valence-electron chi connectivity index (χ4n) is 0.619. The molecular formula is C5H14FN3. The highest BCUT2D eigenvalue weighted by atomic mass is 19.1. The number of hydrogen-bond donors (Lipinski definition) is 3. The summed E-state index contributed by atoms with van der Waals surface area (Å²) in [4.78, 5) is 0. The van der Waals surface area contributed by atoms with Crippen molar-refractivity contribution in [2.24, 2.45) is 5.84 Å². The third kappa shape index (κ3) is 5.68. The Morgan fingerprint density at radius 2 is 2.33 bits per heavy atom. The van der Waals surface area contributed by atoms with Gasteiger partial charge in [0.25, 0.3) is 0 Å². The van der Waals surface area contributed by atoms with Gasteiger partial charge in [-0.25, -0.2) is 4.39 Å². The van der Waals surface area contributed by atoms with E-state index in [4.69, 9.17) is 0 Å². The first-order valence-corrected chi connectivity index (χ1v) is 3.03. The van der Waals surface area contributed by atoms with Crippen LogP contribution in [0.1, 0.15) is 6.42 Å². The molecule has 0 saturated carbocycles. The van der Waals surface area contributed by atoms with E-state index >= 15 is 0 Å². The SMILES string of the molecule is CNN.FC1CCNC1. The number of hydrogen-bond acceptors (Lipinski definition) is 3.